The smallest absolute Gasteiger partial charge is 0.120 e. The van der Waals surface area contributed by atoms with Gasteiger partial charge in [0.1, 0.15) is 6.29 Å². The highest BCUT2D eigenvalue weighted by Gasteiger charge is 2.04. The van der Waals surface area contributed by atoms with Gasteiger partial charge >= 0.3 is 0 Å². The number of carbonyl (C=O) groups is 1. The van der Waals surface area contributed by atoms with Crippen molar-refractivity contribution in [1.29, 1.82) is 0 Å². The summed E-state index contributed by atoms with van der Waals surface area (Å²) in [4.78, 5) is 10.2. The molecular formula is C12H12Cl2O. The number of aryl methyl sites for hydroxylation is 1. The van der Waals surface area contributed by atoms with Crippen LogP contribution in [0.1, 0.15) is 24.0 Å². The lowest BCUT2D eigenvalue weighted by atomic mass is 10.1. The standard InChI is InChI=1S/C12H12Cl2O/c1-9-4-6-10(7-5-9)12(14)11(13)3-2-8-15/h4-8H,2-3H2,1H3/b12-11-. The summed E-state index contributed by atoms with van der Waals surface area (Å²) >= 11 is 12.0. The molecule has 3 heteroatoms. The highest BCUT2D eigenvalue weighted by Crippen LogP contribution is 2.28. The summed E-state index contributed by atoms with van der Waals surface area (Å²) < 4.78 is 0. The minimum Gasteiger partial charge on any atom is -0.303 e. The van der Waals surface area contributed by atoms with Crippen molar-refractivity contribution in [3.63, 3.8) is 0 Å². The normalized spacial score (nSPS) is 12.2. The number of hydrogen-bond donors (Lipinski definition) is 0. The molecule has 0 saturated heterocycles. The summed E-state index contributed by atoms with van der Waals surface area (Å²) in [7, 11) is 0. The summed E-state index contributed by atoms with van der Waals surface area (Å²) in [5.74, 6) is 0. The van der Waals surface area contributed by atoms with Gasteiger partial charge in [0.2, 0.25) is 0 Å². The van der Waals surface area contributed by atoms with Gasteiger partial charge in [0.25, 0.3) is 0 Å². The van der Waals surface area contributed by atoms with E-state index in [0.29, 0.717) is 22.9 Å². The van der Waals surface area contributed by atoms with E-state index in [1.165, 1.54) is 5.56 Å². The molecule has 0 bridgehead atoms. The van der Waals surface area contributed by atoms with Crippen LogP contribution in [0.25, 0.3) is 5.03 Å². The molecule has 0 radical (unpaired) electrons. The highest BCUT2D eigenvalue weighted by atomic mass is 35.5. The Morgan fingerprint density at radius 3 is 2.40 bits per heavy atom. The van der Waals surface area contributed by atoms with Gasteiger partial charge in [0, 0.05) is 11.5 Å². The van der Waals surface area contributed by atoms with Gasteiger partial charge in [-0.25, -0.2) is 0 Å². The van der Waals surface area contributed by atoms with Gasteiger partial charge in [0.05, 0.1) is 5.03 Å². The zero-order valence-corrected chi connectivity index (χ0v) is 9.98. The average Bonchev–Trinajstić information content (AvgIpc) is 2.26. The second kappa shape index (κ2) is 5.94. The zero-order chi connectivity index (χ0) is 11.3. The first-order valence-electron chi connectivity index (χ1n) is 4.70. The van der Waals surface area contributed by atoms with Crippen LogP contribution < -0.4 is 0 Å². The monoisotopic (exact) mass is 242 g/mol. The largest absolute Gasteiger partial charge is 0.303 e. The Morgan fingerprint density at radius 2 is 1.87 bits per heavy atom. The molecule has 80 valence electrons. The molecule has 0 fully saturated rings. The molecule has 0 N–H and O–H groups in total. The average molecular weight is 243 g/mol. The zero-order valence-electron chi connectivity index (χ0n) is 8.47. The minimum atomic E-state index is 0.404. The lowest BCUT2D eigenvalue weighted by molar-refractivity contribution is -0.107. The van der Waals surface area contributed by atoms with Crippen LogP contribution in [0.2, 0.25) is 0 Å². The molecule has 1 aromatic rings. The molecule has 0 aliphatic rings. The predicted octanol–water partition coefficient (Wildman–Crippen LogP) is 4.12. The van der Waals surface area contributed by atoms with E-state index in [1.807, 2.05) is 31.2 Å². The highest BCUT2D eigenvalue weighted by molar-refractivity contribution is 6.54. The van der Waals surface area contributed by atoms with E-state index in [4.69, 9.17) is 23.2 Å². The fraction of sp³-hybridized carbons (Fsp3) is 0.250. The van der Waals surface area contributed by atoms with Crippen molar-refractivity contribution in [2.45, 2.75) is 19.8 Å². The van der Waals surface area contributed by atoms with Crippen LogP contribution in [0.3, 0.4) is 0 Å². The van der Waals surface area contributed by atoms with Crippen molar-refractivity contribution in [2.24, 2.45) is 0 Å². The third kappa shape index (κ3) is 3.69. The molecular weight excluding hydrogens is 231 g/mol. The molecule has 15 heavy (non-hydrogen) atoms. The van der Waals surface area contributed by atoms with Crippen molar-refractivity contribution in [3.8, 4) is 0 Å². The number of hydrogen-bond acceptors (Lipinski definition) is 1. The van der Waals surface area contributed by atoms with E-state index in [9.17, 15) is 4.79 Å². The van der Waals surface area contributed by atoms with E-state index < -0.39 is 0 Å². The number of benzene rings is 1. The molecule has 0 aliphatic carbocycles. The van der Waals surface area contributed by atoms with Crippen LogP contribution in [-0.4, -0.2) is 6.29 Å². The molecule has 0 saturated carbocycles. The lowest BCUT2D eigenvalue weighted by Crippen LogP contribution is -1.83. The number of allylic oxidation sites excluding steroid dienone is 1. The summed E-state index contributed by atoms with van der Waals surface area (Å²) in [5.41, 5.74) is 2.06. The quantitative estimate of drug-likeness (QED) is 0.727. The molecule has 0 spiro atoms. The summed E-state index contributed by atoms with van der Waals surface area (Å²) in [6, 6.07) is 7.78. The van der Waals surface area contributed by atoms with Crippen molar-refractivity contribution in [1.82, 2.24) is 0 Å². The second-order valence-electron chi connectivity index (χ2n) is 3.29. The Morgan fingerprint density at radius 1 is 1.27 bits per heavy atom. The maximum Gasteiger partial charge on any atom is 0.120 e. The molecule has 0 aromatic heterocycles. The Bertz CT molecular complexity index is 366. The number of aldehydes is 1. The molecule has 0 amide bonds. The van der Waals surface area contributed by atoms with E-state index >= 15 is 0 Å². The molecule has 0 atom stereocenters. The fourth-order valence-corrected chi connectivity index (χ4v) is 1.59. The van der Waals surface area contributed by atoms with E-state index in [-0.39, 0.29) is 0 Å². The summed E-state index contributed by atoms with van der Waals surface area (Å²) in [6.07, 6.45) is 1.74. The Kier molecular flexibility index (Phi) is 4.86. The molecule has 1 aromatic carbocycles. The van der Waals surface area contributed by atoms with Crippen molar-refractivity contribution >= 4 is 34.5 Å². The number of rotatable bonds is 4. The van der Waals surface area contributed by atoms with Crippen molar-refractivity contribution in [2.75, 3.05) is 0 Å². The van der Waals surface area contributed by atoms with Gasteiger partial charge in [-0.3, -0.25) is 0 Å². The van der Waals surface area contributed by atoms with Gasteiger partial charge in [-0.2, -0.15) is 0 Å². The number of halogens is 2. The SMILES string of the molecule is Cc1ccc(/C(Cl)=C(/Cl)CCC=O)cc1. The maximum atomic E-state index is 10.2. The minimum absolute atomic E-state index is 0.404. The Hall–Kier alpha value is -0.790. The lowest BCUT2D eigenvalue weighted by Gasteiger charge is -2.03. The third-order valence-corrected chi connectivity index (χ3v) is 2.95. The molecule has 0 unspecified atom stereocenters. The Labute approximate surface area is 99.7 Å². The van der Waals surface area contributed by atoms with Crippen LogP contribution in [-0.2, 0) is 4.79 Å². The molecule has 0 aliphatic heterocycles. The number of carbonyl (C=O) groups excluding carboxylic acids is 1. The first-order valence-corrected chi connectivity index (χ1v) is 5.45. The maximum absolute atomic E-state index is 10.2. The van der Waals surface area contributed by atoms with Crippen molar-refractivity contribution in [3.05, 3.63) is 40.4 Å². The predicted molar refractivity (Wildman–Crippen MR) is 65.1 cm³/mol. The van der Waals surface area contributed by atoms with Crippen LogP contribution in [0.4, 0.5) is 0 Å². The van der Waals surface area contributed by atoms with Gasteiger partial charge < -0.3 is 4.79 Å². The van der Waals surface area contributed by atoms with Crippen LogP contribution >= 0.6 is 23.2 Å². The van der Waals surface area contributed by atoms with Gasteiger partial charge in [-0.15, -0.1) is 0 Å². The van der Waals surface area contributed by atoms with Gasteiger partial charge in [-0.05, 0) is 18.9 Å². The summed E-state index contributed by atoms with van der Waals surface area (Å²) in [5, 5.41) is 1.06. The second-order valence-corrected chi connectivity index (χ2v) is 4.12. The molecule has 0 heterocycles. The van der Waals surface area contributed by atoms with Gasteiger partial charge in [-0.1, -0.05) is 53.0 Å². The molecule has 1 nitrogen and oxygen atoms in total. The first-order chi connectivity index (χ1) is 7.15. The van der Waals surface area contributed by atoms with E-state index in [1.54, 1.807) is 0 Å². The van der Waals surface area contributed by atoms with Crippen LogP contribution in [0.15, 0.2) is 29.3 Å². The van der Waals surface area contributed by atoms with E-state index in [0.717, 1.165) is 11.8 Å². The van der Waals surface area contributed by atoms with Crippen molar-refractivity contribution < 1.29 is 4.79 Å². The van der Waals surface area contributed by atoms with Gasteiger partial charge in [0.15, 0.2) is 0 Å². The first kappa shape index (κ1) is 12.3. The van der Waals surface area contributed by atoms with Crippen LogP contribution in [0, 0.1) is 6.92 Å². The van der Waals surface area contributed by atoms with Crippen LogP contribution in [0.5, 0.6) is 0 Å². The fourth-order valence-electron chi connectivity index (χ4n) is 1.15. The molecule has 1 rings (SSSR count). The Balaban J connectivity index is 2.86. The third-order valence-electron chi connectivity index (χ3n) is 2.02. The topological polar surface area (TPSA) is 17.1 Å². The summed E-state index contributed by atoms with van der Waals surface area (Å²) in [6.45, 7) is 2.01. The van der Waals surface area contributed by atoms with E-state index in [2.05, 4.69) is 0 Å².